The Kier molecular flexibility index (Phi) is 6.79. The van der Waals surface area contributed by atoms with E-state index in [1.807, 2.05) is 0 Å². The normalized spacial score (nSPS) is 9.90. The van der Waals surface area contributed by atoms with E-state index in [4.69, 9.17) is 0 Å². The van der Waals surface area contributed by atoms with Gasteiger partial charge in [-0.05, 0) is 31.2 Å². The lowest BCUT2D eigenvalue weighted by Crippen LogP contribution is -2.14. The van der Waals surface area contributed by atoms with Gasteiger partial charge >= 0.3 is 5.97 Å². The standard InChI is InChI=1S/C14H17NO4S/c1-10(16)11-3-5-12(6-4-11)15-13(17)9-20-8-7-14(18)19-2/h3-6H,7-9H2,1-2H3,(H,15,17). The predicted molar refractivity (Wildman–Crippen MR) is 79.0 cm³/mol. The number of amides is 1. The van der Waals surface area contributed by atoms with Crippen molar-refractivity contribution in [2.45, 2.75) is 13.3 Å². The fourth-order valence-electron chi connectivity index (χ4n) is 1.41. The van der Waals surface area contributed by atoms with Crippen molar-refractivity contribution in [2.24, 2.45) is 0 Å². The van der Waals surface area contributed by atoms with Gasteiger partial charge in [-0.15, -0.1) is 0 Å². The number of rotatable bonds is 7. The summed E-state index contributed by atoms with van der Waals surface area (Å²) in [6, 6.07) is 6.71. The summed E-state index contributed by atoms with van der Waals surface area (Å²) in [7, 11) is 1.34. The van der Waals surface area contributed by atoms with Crippen LogP contribution in [0.3, 0.4) is 0 Å². The van der Waals surface area contributed by atoms with Crippen LogP contribution in [0.5, 0.6) is 0 Å². The summed E-state index contributed by atoms with van der Waals surface area (Å²) in [6.45, 7) is 1.49. The number of benzene rings is 1. The molecule has 0 bridgehead atoms. The fraction of sp³-hybridized carbons (Fsp3) is 0.357. The summed E-state index contributed by atoms with van der Waals surface area (Å²) in [6.07, 6.45) is 0.293. The Labute approximate surface area is 122 Å². The lowest BCUT2D eigenvalue weighted by molar-refractivity contribution is -0.140. The average molecular weight is 295 g/mol. The number of carbonyl (C=O) groups is 3. The summed E-state index contributed by atoms with van der Waals surface area (Å²) in [5, 5.41) is 2.72. The van der Waals surface area contributed by atoms with E-state index in [1.54, 1.807) is 24.3 Å². The second-order valence-corrected chi connectivity index (χ2v) is 5.17. The molecule has 0 saturated heterocycles. The van der Waals surface area contributed by atoms with Gasteiger partial charge in [-0.3, -0.25) is 14.4 Å². The van der Waals surface area contributed by atoms with Gasteiger partial charge in [-0.2, -0.15) is 11.8 Å². The number of thioether (sulfide) groups is 1. The van der Waals surface area contributed by atoms with Crippen LogP contribution in [-0.2, 0) is 14.3 Å². The van der Waals surface area contributed by atoms with E-state index in [0.717, 1.165) is 0 Å². The quantitative estimate of drug-likeness (QED) is 0.474. The molecule has 0 heterocycles. The number of ketones is 1. The first kappa shape index (κ1) is 16.2. The number of methoxy groups -OCH3 is 1. The van der Waals surface area contributed by atoms with Gasteiger partial charge in [-0.25, -0.2) is 0 Å². The molecule has 0 aromatic heterocycles. The van der Waals surface area contributed by atoms with Crippen molar-refractivity contribution in [1.29, 1.82) is 0 Å². The minimum absolute atomic E-state index is 0.0127. The lowest BCUT2D eigenvalue weighted by atomic mass is 10.1. The number of Topliss-reactive ketones (excluding diaryl/α,β-unsaturated/α-hetero) is 1. The van der Waals surface area contributed by atoms with Crippen LogP contribution in [0, 0.1) is 0 Å². The highest BCUT2D eigenvalue weighted by atomic mass is 32.2. The summed E-state index contributed by atoms with van der Waals surface area (Å²) in [4.78, 5) is 33.6. The Morgan fingerprint density at radius 1 is 1.20 bits per heavy atom. The topological polar surface area (TPSA) is 72.5 Å². The molecule has 1 N–H and O–H groups in total. The molecule has 6 heteroatoms. The van der Waals surface area contributed by atoms with Crippen LogP contribution in [0.25, 0.3) is 0 Å². The van der Waals surface area contributed by atoms with E-state index in [-0.39, 0.29) is 23.4 Å². The van der Waals surface area contributed by atoms with Crippen molar-refractivity contribution in [1.82, 2.24) is 0 Å². The molecule has 0 atom stereocenters. The van der Waals surface area contributed by atoms with Crippen LogP contribution < -0.4 is 5.32 Å². The van der Waals surface area contributed by atoms with E-state index in [1.165, 1.54) is 25.8 Å². The first-order valence-electron chi connectivity index (χ1n) is 6.08. The van der Waals surface area contributed by atoms with Gasteiger partial charge in [0.2, 0.25) is 5.91 Å². The molecule has 0 saturated carbocycles. The number of anilines is 1. The number of hydrogen-bond donors (Lipinski definition) is 1. The molecular weight excluding hydrogens is 278 g/mol. The monoisotopic (exact) mass is 295 g/mol. The maximum Gasteiger partial charge on any atom is 0.306 e. The Balaban J connectivity index is 2.31. The maximum atomic E-state index is 11.6. The molecule has 108 valence electrons. The van der Waals surface area contributed by atoms with Gasteiger partial charge in [0.25, 0.3) is 0 Å². The molecule has 20 heavy (non-hydrogen) atoms. The van der Waals surface area contributed by atoms with Crippen LogP contribution in [0.15, 0.2) is 24.3 Å². The van der Waals surface area contributed by atoms with Crippen molar-refractivity contribution in [3.05, 3.63) is 29.8 Å². The highest BCUT2D eigenvalue weighted by molar-refractivity contribution is 7.99. The molecule has 0 radical (unpaired) electrons. The van der Waals surface area contributed by atoms with Gasteiger partial charge in [0.15, 0.2) is 5.78 Å². The highest BCUT2D eigenvalue weighted by Crippen LogP contribution is 2.11. The zero-order valence-electron chi connectivity index (χ0n) is 11.5. The molecule has 0 aliphatic rings. The molecule has 1 aromatic carbocycles. The van der Waals surface area contributed by atoms with Crippen LogP contribution in [0.4, 0.5) is 5.69 Å². The van der Waals surface area contributed by atoms with Crippen LogP contribution in [0.1, 0.15) is 23.7 Å². The van der Waals surface area contributed by atoms with E-state index >= 15 is 0 Å². The van der Waals surface area contributed by atoms with E-state index in [9.17, 15) is 14.4 Å². The summed E-state index contributed by atoms with van der Waals surface area (Å²) in [5.74, 6) is 0.379. The molecular formula is C14H17NO4S. The first-order valence-corrected chi connectivity index (χ1v) is 7.24. The van der Waals surface area contributed by atoms with Crippen LogP contribution in [0.2, 0.25) is 0 Å². The number of esters is 1. The molecule has 0 aliphatic carbocycles. The van der Waals surface area contributed by atoms with Crippen LogP contribution >= 0.6 is 11.8 Å². The predicted octanol–water partition coefficient (Wildman–Crippen LogP) is 2.12. The van der Waals surface area contributed by atoms with Gasteiger partial charge in [0.05, 0.1) is 19.3 Å². The van der Waals surface area contributed by atoms with Crippen LogP contribution in [-0.4, -0.2) is 36.3 Å². The van der Waals surface area contributed by atoms with Gasteiger partial charge in [0.1, 0.15) is 0 Å². The molecule has 5 nitrogen and oxygen atoms in total. The fourth-order valence-corrected chi connectivity index (χ4v) is 2.12. The van der Waals surface area contributed by atoms with E-state index in [0.29, 0.717) is 23.4 Å². The second-order valence-electron chi connectivity index (χ2n) is 4.06. The van der Waals surface area contributed by atoms with Crippen molar-refractivity contribution in [3.8, 4) is 0 Å². The number of ether oxygens (including phenoxy) is 1. The second kappa shape index (κ2) is 8.37. The minimum Gasteiger partial charge on any atom is -0.469 e. The lowest BCUT2D eigenvalue weighted by Gasteiger charge is -2.05. The first-order chi connectivity index (χ1) is 9.52. The zero-order valence-corrected chi connectivity index (χ0v) is 12.3. The van der Waals surface area contributed by atoms with E-state index < -0.39 is 0 Å². The smallest absolute Gasteiger partial charge is 0.306 e. The zero-order chi connectivity index (χ0) is 15.0. The molecule has 0 spiro atoms. The summed E-state index contributed by atoms with van der Waals surface area (Å²) in [5.41, 5.74) is 1.25. The Hall–Kier alpha value is -1.82. The molecule has 0 fully saturated rings. The van der Waals surface area contributed by atoms with Crippen molar-refractivity contribution >= 4 is 35.1 Å². The Morgan fingerprint density at radius 2 is 1.85 bits per heavy atom. The molecule has 1 rings (SSSR count). The third-order valence-corrected chi connectivity index (χ3v) is 3.45. The largest absolute Gasteiger partial charge is 0.469 e. The van der Waals surface area contributed by atoms with Gasteiger partial charge in [0, 0.05) is 17.0 Å². The third-order valence-electron chi connectivity index (χ3n) is 2.49. The van der Waals surface area contributed by atoms with Gasteiger partial charge < -0.3 is 10.1 Å². The SMILES string of the molecule is COC(=O)CCSCC(=O)Nc1ccc(C(C)=O)cc1. The third kappa shape index (κ3) is 5.88. The maximum absolute atomic E-state index is 11.6. The number of carbonyl (C=O) groups excluding carboxylic acids is 3. The summed E-state index contributed by atoms with van der Waals surface area (Å²) < 4.78 is 4.50. The van der Waals surface area contributed by atoms with Crippen molar-refractivity contribution in [3.63, 3.8) is 0 Å². The average Bonchev–Trinajstić information content (AvgIpc) is 2.43. The van der Waals surface area contributed by atoms with Crippen molar-refractivity contribution in [2.75, 3.05) is 23.9 Å². The Bertz CT molecular complexity index is 484. The minimum atomic E-state index is -0.280. The molecule has 1 aromatic rings. The number of nitrogens with one attached hydrogen (secondary N) is 1. The van der Waals surface area contributed by atoms with Gasteiger partial charge in [-0.1, -0.05) is 0 Å². The highest BCUT2D eigenvalue weighted by Gasteiger charge is 2.05. The molecule has 1 amide bonds. The van der Waals surface area contributed by atoms with Crippen molar-refractivity contribution < 1.29 is 19.1 Å². The Morgan fingerprint density at radius 3 is 2.40 bits per heavy atom. The van der Waals surface area contributed by atoms with E-state index in [2.05, 4.69) is 10.1 Å². The molecule has 0 aliphatic heterocycles. The molecule has 0 unspecified atom stereocenters. The number of hydrogen-bond acceptors (Lipinski definition) is 5. The summed E-state index contributed by atoms with van der Waals surface area (Å²) >= 11 is 1.37.